The van der Waals surface area contributed by atoms with E-state index in [1.165, 1.54) is 4.68 Å². The molecule has 114 valence electrons. The fraction of sp³-hybridized carbons (Fsp3) is 0.562. The van der Waals surface area contributed by atoms with E-state index in [-0.39, 0.29) is 11.6 Å². The normalized spacial score (nSPS) is 14.2. The van der Waals surface area contributed by atoms with Crippen LogP contribution < -0.4 is 10.9 Å². The minimum atomic E-state index is -0.0628. The molecule has 0 bridgehead atoms. The Balaban J connectivity index is 2.28. The van der Waals surface area contributed by atoms with Crippen LogP contribution >= 0.6 is 0 Å². The van der Waals surface area contributed by atoms with Crippen molar-refractivity contribution in [3.8, 4) is 0 Å². The molecule has 2 aromatic rings. The van der Waals surface area contributed by atoms with Crippen LogP contribution in [-0.2, 0) is 6.54 Å². The highest BCUT2D eigenvalue weighted by atomic mass is 16.1. The van der Waals surface area contributed by atoms with Gasteiger partial charge in [0, 0.05) is 6.04 Å². The lowest BCUT2D eigenvalue weighted by Crippen LogP contribution is -2.42. The summed E-state index contributed by atoms with van der Waals surface area (Å²) in [4.78, 5) is 12.5. The molecule has 0 spiro atoms. The van der Waals surface area contributed by atoms with E-state index in [0.717, 1.165) is 19.4 Å². The molecule has 0 aliphatic carbocycles. The summed E-state index contributed by atoms with van der Waals surface area (Å²) in [7, 11) is 0. The van der Waals surface area contributed by atoms with Crippen LogP contribution in [0.15, 0.2) is 29.1 Å². The SMILES string of the molecule is CCCNC(Cn1nnc2ccccc2c1=O)C(C)CC. The quantitative estimate of drug-likeness (QED) is 0.848. The number of fused-ring (bicyclic) bond motifs is 1. The average Bonchev–Trinajstić information content (AvgIpc) is 2.53. The molecule has 0 saturated heterocycles. The Morgan fingerprint density at radius 1 is 1.29 bits per heavy atom. The van der Waals surface area contributed by atoms with Gasteiger partial charge >= 0.3 is 0 Å². The first kappa shape index (κ1) is 15.6. The fourth-order valence-corrected chi connectivity index (χ4v) is 2.39. The summed E-state index contributed by atoms with van der Waals surface area (Å²) in [6.45, 7) is 8.02. The van der Waals surface area contributed by atoms with E-state index in [1.54, 1.807) is 6.07 Å². The predicted octanol–water partition coefficient (Wildman–Crippen LogP) is 2.21. The number of hydrogen-bond acceptors (Lipinski definition) is 4. The largest absolute Gasteiger partial charge is 0.312 e. The van der Waals surface area contributed by atoms with E-state index in [1.807, 2.05) is 18.2 Å². The molecule has 1 heterocycles. The minimum Gasteiger partial charge on any atom is -0.312 e. The number of nitrogens with one attached hydrogen (secondary N) is 1. The van der Waals surface area contributed by atoms with Crippen LogP contribution in [0.5, 0.6) is 0 Å². The van der Waals surface area contributed by atoms with Gasteiger partial charge in [0.2, 0.25) is 0 Å². The highest BCUT2D eigenvalue weighted by Gasteiger charge is 2.17. The zero-order valence-electron chi connectivity index (χ0n) is 13.0. The molecule has 2 atom stereocenters. The van der Waals surface area contributed by atoms with Gasteiger partial charge in [-0.15, -0.1) is 5.10 Å². The lowest BCUT2D eigenvalue weighted by Gasteiger charge is -2.24. The molecular weight excluding hydrogens is 264 g/mol. The van der Waals surface area contributed by atoms with Crippen LogP contribution in [0.4, 0.5) is 0 Å². The maximum atomic E-state index is 12.5. The summed E-state index contributed by atoms with van der Waals surface area (Å²) in [6, 6.07) is 7.59. The van der Waals surface area contributed by atoms with Gasteiger partial charge in [0.25, 0.3) is 5.56 Å². The molecule has 5 nitrogen and oxygen atoms in total. The summed E-state index contributed by atoms with van der Waals surface area (Å²) in [5, 5.41) is 12.4. The molecule has 1 aromatic heterocycles. The topological polar surface area (TPSA) is 59.8 Å². The maximum absolute atomic E-state index is 12.5. The highest BCUT2D eigenvalue weighted by molar-refractivity contribution is 5.76. The summed E-state index contributed by atoms with van der Waals surface area (Å²) < 4.78 is 1.49. The average molecular weight is 288 g/mol. The molecule has 0 saturated carbocycles. The number of benzene rings is 1. The predicted molar refractivity (Wildman–Crippen MR) is 85.3 cm³/mol. The van der Waals surface area contributed by atoms with Gasteiger partial charge in [0.1, 0.15) is 5.52 Å². The van der Waals surface area contributed by atoms with Crippen molar-refractivity contribution in [1.82, 2.24) is 20.3 Å². The van der Waals surface area contributed by atoms with E-state index in [9.17, 15) is 4.79 Å². The van der Waals surface area contributed by atoms with Crippen LogP contribution in [0, 0.1) is 5.92 Å². The molecular formula is C16H24N4O. The summed E-state index contributed by atoms with van der Waals surface area (Å²) >= 11 is 0. The summed E-state index contributed by atoms with van der Waals surface area (Å²) in [6.07, 6.45) is 2.14. The first-order valence-electron chi connectivity index (χ1n) is 7.73. The first-order chi connectivity index (χ1) is 10.2. The van der Waals surface area contributed by atoms with Crippen LogP contribution in [0.1, 0.15) is 33.6 Å². The van der Waals surface area contributed by atoms with Gasteiger partial charge in [0.05, 0.1) is 11.9 Å². The third-order valence-corrected chi connectivity index (χ3v) is 3.99. The van der Waals surface area contributed by atoms with Gasteiger partial charge in [-0.3, -0.25) is 4.79 Å². The van der Waals surface area contributed by atoms with E-state index in [0.29, 0.717) is 23.4 Å². The summed E-state index contributed by atoms with van der Waals surface area (Å²) in [5.41, 5.74) is 0.590. The van der Waals surface area contributed by atoms with E-state index >= 15 is 0 Å². The molecule has 0 radical (unpaired) electrons. The number of aromatic nitrogens is 3. The molecule has 1 N–H and O–H groups in total. The molecule has 21 heavy (non-hydrogen) atoms. The van der Waals surface area contributed by atoms with Crippen molar-refractivity contribution < 1.29 is 0 Å². The number of rotatable bonds is 7. The standard InChI is InChI=1S/C16H24N4O/c1-4-10-17-15(12(3)5-2)11-20-16(21)13-8-6-7-9-14(13)18-19-20/h6-9,12,15,17H,4-5,10-11H2,1-3H3. The second kappa shape index (κ2) is 7.31. The molecule has 0 amide bonds. The fourth-order valence-electron chi connectivity index (χ4n) is 2.39. The monoisotopic (exact) mass is 288 g/mol. The van der Waals surface area contributed by atoms with Gasteiger partial charge in [-0.05, 0) is 31.0 Å². The molecule has 2 unspecified atom stereocenters. The Morgan fingerprint density at radius 2 is 2.05 bits per heavy atom. The van der Waals surface area contributed by atoms with Crippen molar-refractivity contribution in [2.24, 2.45) is 5.92 Å². The summed E-state index contributed by atoms with van der Waals surface area (Å²) in [5.74, 6) is 0.483. The molecule has 2 rings (SSSR count). The maximum Gasteiger partial charge on any atom is 0.277 e. The van der Waals surface area contributed by atoms with E-state index < -0.39 is 0 Å². The Morgan fingerprint density at radius 3 is 2.76 bits per heavy atom. The molecule has 5 heteroatoms. The molecule has 0 fully saturated rings. The van der Waals surface area contributed by atoms with Gasteiger partial charge in [-0.1, -0.05) is 44.5 Å². The van der Waals surface area contributed by atoms with E-state index in [2.05, 4.69) is 36.4 Å². The van der Waals surface area contributed by atoms with Gasteiger partial charge < -0.3 is 5.32 Å². The molecule has 0 aliphatic heterocycles. The van der Waals surface area contributed by atoms with Crippen LogP contribution in [0.3, 0.4) is 0 Å². The smallest absolute Gasteiger partial charge is 0.277 e. The zero-order valence-corrected chi connectivity index (χ0v) is 13.0. The third-order valence-electron chi connectivity index (χ3n) is 3.99. The van der Waals surface area contributed by atoms with Crippen molar-refractivity contribution in [2.45, 2.75) is 46.2 Å². The Hall–Kier alpha value is -1.75. The van der Waals surface area contributed by atoms with Crippen LogP contribution in [0.25, 0.3) is 10.9 Å². The Labute approximate surface area is 125 Å². The Kier molecular flexibility index (Phi) is 5.44. The molecule has 0 aliphatic rings. The lowest BCUT2D eigenvalue weighted by atomic mass is 9.99. The lowest BCUT2D eigenvalue weighted by molar-refractivity contribution is 0.310. The van der Waals surface area contributed by atoms with Gasteiger partial charge in [-0.25, -0.2) is 4.68 Å². The van der Waals surface area contributed by atoms with Gasteiger partial charge in [-0.2, -0.15) is 0 Å². The third kappa shape index (κ3) is 3.67. The second-order valence-electron chi connectivity index (χ2n) is 5.54. The van der Waals surface area contributed by atoms with Crippen LogP contribution in [0.2, 0.25) is 0 Å². The van der Waals surface area contributed by atoms with Crippen molar-refractivity contribution >= 4 is 10.9 Å². The molecule has 1 aromatic carbocycles. The zero-order chi connectivity index (χ0) is 15.2. The highest BCUT2D eigenvalue weighted by Crippen LogP contribution is 2.10. The van der Waals surface area contributed by atoms with Crippen LogP contribution in [-0.4, -0.2) is 27.6 Å². The minimum absolute atomic E-state index is 0.0628. The van der Waals surface area contributed by atoms with E-state index in [4.69, 9.17) is 0 Å². The van der Waals surface area contributed by atoms with Crippen molar-refractivity contribution in [2.75, 3.05) is 6.54 Å². The van der Waals surface area contributed by atoms with Crippen molar-refractivity contribution in [3.05, 3.63) is 34.6 Å². The van der Waals surface area contributed by atoms with Gasteiger partial charge in [0.15, 0.2) is 0 Å². The first-order valence-corrected chi connectivity index (χ1v) is 7.73. The second-order valence-corrected chi connectivity index (χ2v) is 5.54. The Bertz CT molecular complexity index is 637. The number of nitrogens with zero attached hydrogens (tertiary/aromatic N) is 3. The van der Waals surface area contributed by atoms with Crippen molar-refractivity contribution in [1.29, 1.82) is 0 Å². The number of hydrogen-bond donors (Lipinski definition) is 1. The van der Waals surface area contributed by atoms with Crippen molar-refractivity contribution in [3.63, 3.8) is 0 Å².